The summed E-state index contributed by atoms with van der Waals surface area (Å²) in [5.74, 6) is 0.913. The minimum atomic E-state index is -0.292. The third-order valence-corrected chi connectivity index (χ3v) is 3.81. The van der Waals surface area contributed by atoms with Crippen LogP contribution >= 0.6 is 0 Å². The third kappa shape index (κ3) is 5.15. The molecule has 1 aromatic carbocycles. The number of hydrogen-bond acceptors (Lipinski definition) is 4. The summed E-state index contributed by atoms with van der Waals surface area (Å²) in [5, 5.41) is 10.8. The molecule has 0 spiro atoms. The lowest BCUT2D eigenvalue weighted by Crippen LogP contribution is -2.30. The second kappa shape index (κ2) is 8.04. The van der Waals surface area contributed by atoms with Crippen LogP contribution in [0.3, 0.4) is 0 Å². The molecular weight excluding hydrogens is 309 g/mol. The van der Waals surface area contributed by atoms with E-state index in [1.807, 2.05) is 6.92 Å². The fourth-order valence-corrected chi connectivity index (χ4v) is 2.59. The number of carbonyl (C=O) groups is 1. The number of amides is 1. The van der Waals surface area contributed by atoms with E-state index in [1.165, 1.54) is 12.1 Å². The van der Waals surface area contributed by atoms with Crippen molar-refractivity contribution in [3.63, 3.8) is 0 Å². The molecule has 0 saturated heterocycles. The minimum Gasteiger partial charge on any atom is -0.423 e. The highest BCUT2D eigenvalue weighted by Crippen LogP contribution is 2.23. The first-order valence-electron chi connectivity index (χ1n) is 8.20. The van der Waals surface area contributed by atoms with Crippen LogP contribution in [0, 0.1) is 18.7 Å². The van der Waals surface area contributed by atoms with Gasteiger partial charge in [-0.25, -0.2) is 4.39 Å². The van der Waals surface area contributed by atoms with E-state index in [1.54, 1.807) is 19.1 Å². The van der Waals surface area contributed by atoms with Gasteiger partial charge in [0.05, 0.1) is 0 Å². The van der Waals surface area contributed by atoms with Crippen LogP contribution in [0.25, 0.3) is 0 Å². The number of carbonyl (C=O) groups excluding carboxylic acids is 1. The Labute approximate surface area is 141 Å². The number of rotatable bonds is 7. The molecule has 0 aliphatic rings. The summed E-state index contributed by atoms with van der Waals surface area (Å²) in [7, 11) is 0. The molecule has 130 valence electrons. The van der Waals surface area contributed by atoms with Crippen molar-refractivity contribution in [1.82, 2.24) is 15.5 Å². The monoisotopic (exact) mass is 333 g/mol. The Morgan fingerprint density at radius 1 is 1.21 bits per heavy atom. The summed E-state index contributed by atoms with van der Waals surface area (Å²) in [5.41, 5.74) is 0.931. The van der Waals surface area contributed by atoms with E-state index in [0.29, 0.717) is 24.1 Å². The zero-order valence-corrected chi connectivity index (χ0v) is 14.5. The summed E-state index contributed by atoms with van der Waals surface area (Å²) in [6, 6.07) is 5.94. The third-order valence-electron chi connectivity index (χ3n) is 3.81. The Hall–Kier alpha value is -2.24. The molecular formula is C18H24FN3O2. The minimum absolute atomic E-state index is 0.00489. The molecule has 5 nitrogen and oxygen atoms in total. The molecule has 0 aliphatic carbocycles. The maximum atomic E-state index is 13.0. The van der Waals surface area contributed by atoms with Gasteiger partial charge in [-0.2, -0.15) is 0 Å². The van der Waals surface area contributed by atoms with E-state index in [9.17, 15) is 9.18 Å². The Morgan fingerprint density at radius 3 is 2.42 bits per heavy atom. The predicted molar refractivity (Wildman–Crippen MR) is 88.8 cm³/mol. The zero-order chi connectivity index (χ0) is 17.7. The number of hydrogen-bond donors (Lipinski definition) is 1. The molecule has 0 radical (unpaired) electrons. The lowest BCUT2D eigenvalue weighted by Gasteiger charge is -2.19. The molecule has 24 heavy (non-hydrogen) atoms. The molecule has 1 aromatic heterocycles. The number of halogens is 1. The van der Waals surface area contributed by atoms with Gasteiger partial charge in [0.2, 0.25) is 17.7 Å². The summed E-state index contributed by atoms with van der Waals surface area (Å²) in [6.07, 6.45) is 1.03. The van der Waals surface area contributed by atoms with E-state index in [2.05, 4.69) is 29.4 Å². The van der Waals surface area contributed by atoms with Crippen LogP contribution in [0.15, 0.2) is 28.7 Å². The Balaban J connectivity index is 2.00. The Morgan fingerprint density at radius 2 is 1.88 bits per heavy atom. The van der Waals surface area contributed by atoms with Gasteiger partial charge in [0.1, 0.15) is 11.9 Å². The quantitative estimate of drug-likeness (QED) is 0.834. The summed E-state index contributed by atoms with van der Waals surface area (Å²) in [6.45, 7) is 7.82. The van der Waals surface area contributed by atoms with Gasteiger partial charge >= 0.3 is 0 Å². The Bertz CT molecular complexity index is 667. The largest absolute Gasteiger partial charge is 0.423 e. The van der Waals surface area contributed by atoms with Crippen LogP contribution in [0.1, 0.15) is 62.9 Å². The summed E-state index contributed by atoms with van der Waals surface area (Å²) < 4.78 is 18.5. The van der Waals surface area contributed by atoms with Gasteiger partial charge in [-0.05, 0) is 36.0 Å². The average Bonchev–Trinajstić information content (AvgIpc) is 2.93. The molecule has 2 rings (SSSR count). The van der Waals surface area contributed by atoms with Crippen LogP contribution in [-0.2, 0) is 4.79 Å². The van der Waals surface area contributed by atoms with Gasteiger partial charge in [0.25, 0.3) is 0 Å². The first-order chi connectivity index (χ1) is 11.3. The maximum Gasteiger partial charge on any atom is 0.238 e. The standard InChI is InChI=1S/C18H24FN3O2/c1-11(2)9-16(18-22-21-13(4)24-18)20-17(23)10-12(3)14-5-7-15(19)8-6-14/h5-8,11-12,16H,9-10H2,1-4H3,(H,20,23). The van der Waals surface area contributed by atoms with Crippen molar-refractivity contribution >= 4 is 5.91 Å². The topological polar surface area (TPSA) is 68.0 Å². The van der Waals surface area contributed by atoms with Gasteiger partial charge in [-0.3, -0.25) is 4.79 Å². The van der Waals surface area contributed by atoms with E-state index < -0.39 is 0 Å². The maximum absolute atomic E-state index is 13.0. The predicted octanol–water partition coefficient (Wildman–Crippen LogP) is 3.91. The van der Waals surface area contributed by atoms with E-state index in [-0.39, 0.29) is 23.7 Å². The van der Waals surface area contributed by atoms with Crippen LogP contribution in [0.2, 0.25) is 0 Å². The molecule has 2 aromatic rings. The van der Waals surface area contributed by atoms with Gasteiger partial charge in [-0.1, -0.05) is 32.9 Å². The van der Waals surface area contributed by atoms with Gasteiger partial charge in [0.15, 0.2) is 0 Å². The first kappa shape index (κ1) is 18.1. The highest BCUT2D eigenvalue weighted by atomic mass is 19.1. The highest BCUT2D eigenvalue weighted by Gasteiger charge is 2.22. The number of nitrogens with zero attached hydrogens (tertiary/aromatic N) is 2. The van der Waals surface area contributed by atoms with Crippen molar-refractivity contribution in [2.24, 2.45) is 5.92 Å². The van der Waals surface area contributed by atoms with Crippen molar-refractivity contribution in [3.8, 4) is 0 Å². The van der Waals surface area contributed by atoms with Crippen molar-refractivity contribution in [2.45, 2.75) is 52.5 Å². The molecule has 2 unspecified atom stereocenters. The van der Waals surface area contributed by atoms with Crippen molar-refractivity contribution in [2.75, 3.05) is 0 Å². The number of nitrogens with one attached hydrogen (secondary N) is 1. The van der Waals surface area contributed by atoms with E-state index in [0.717, 1.165) is 12.0 Å². The highest BCUT2D eigenvalue weighted by molar-refractivity contribution is 5.77. The normalized spacial score (nSPS) is 13.8. The van der Waals surface area contributed by atoms with Crippen molar-refractivity contribution in [3.05, 3.63) is 47.4 Å². The SMILES string of the molecule is Cc1nnc(C(CC(C)C)NC(=O)CC(C)c2ccc(F)cc2)o1. The molecule has 6 heteroatoms. The number of benzene rings is 1. The first-order valence-corrected chi connectivity index (χ1v) is 8.20. The second-order valence-corrected chi connectivity index (χ2v) is 6.57. The zero-order valence-electron chi connectivity index (χ0n) is 14.5. The van der Waals surface area contributed by atoms with Gasteiger partial charge in [-0.15, -0.1) is 10.2 Å². The van der Waals surface area contributed by atoms with Crippen LogP contribution in [0.4, 0.5) is 4.39 Å². The van der Waals surface area contributed by atoms with E-state index >= 15 is 0 Å². The van der Waals surface area contributed by atoms with Crippen LogP contribution in [-0.4, -0.2) is 16.1 Å². The van der Waals surface area contributed by atoms with Crippen LogP contribution < -0.4 is 5.32 Å². The number of aromatic nitrogens is 2. The van der Waals surface area contributed by atoms with Gasteiger partial charge < -0.3 is 9.73 Å². The average molecular weight is 333 g/mol. The molecule has 0 fully saturated rings. The molecule has 1 N–H and O–H groups in total. The smallest absolute Gasteiger partial charge is 0.238 e. The van der Waals surface area contributed by atoms with Gasteiger partial charge in [0, 0.05) is 13.3 Å². The molecule has 0 saturated carbocycles. The Kier molecular flexibility index (Phi) is 6.06. The molecule has 2 atom stereocenters. The van der Waals surface area contributed by atoms with Crippen molar-refractivity contribution in [1.29, 1.82) is 0 Å². The van der Waals surface area contributed by atoms with Crippen molar-refractivity contribution < 1.29 is 13.6 Å². The fourth-order valence-electron chi connectivity index (χ4n) is 2.59. The van der Waals surface area contributed by atoms with Crippen LogP contribution in [0.5, 0.6) is 0 Å². The fraction of sp³-hybridized carbons (Fsp3) is 0.500. The summed E-state index contributed by atoms with van der Waals surface area (Å²) >= 11 is 0. The lowest BCUT2D eigenvalue weighted by molar-refractivity contribution is -0.122. The lowest BCUT2D eigenvalue weighted by atomic mass is 9.97. The molecule has 0 aliphatic heterocycles. The van der Waals surface area contributed by atoms with E-state index in [4.69, 9.17) is 4.42 Å². The summed E-state index contributed by atoms with van der Waals surface area (Å²) in [4.78, 5) is 12.4. The second-order valence-electron chi connectivity index (χ2n) is 6.57. The molecule has 1 amide bonds. The molecule has 0 bridgehead atoms. The number of aryl methyl sites for hydroxylation is 1. The molecule has 1 heterocycles.